The molecular formula is C17H28N2O5. The van der Waals surface area contributed by atoms with Gasteiger partial charge in [-0.25, -0.2) is 9.59 Å². The van der Waals surface area contributed by atoms with Crippen molar-refractivity contribution in [2.75, 3.05) is 0 Å². The van der Waals surface area contributed by atoms with Gasteiger partial charge in [0.2, 0.25) is 0 Å². The number of furan rings is 1. The fraction of sp³-hybridized carbons (Fsp3) is 0.647. The summed E-state index contributed by atoms with van der Waals surface area (Å²) in [4.78, 5) is 18.2. The second-order valence-corrected chi connectivity index (χ2v) is 7.50. The molecule has 0 atom stereocenters. The van der Waals surface area contributed by atoms with E-state index in [0.29, 0.717) is 6.04 Å². The van der Waals surface area contributed by atoms with Gasteiger partial charge in [0.25, 0.3) is 0 Å². The van der Waals surface area contributed by atoms with E-state index in [2.05, 4.69) is 44.4 Å². The minimum absolute atomic E-state index is 0.193. The molecule has 1 aliphatic rings. The Balaban J connectivity index is 0.000000413. The molecule has 2 heterocycles. The number of carbonyl (C=O) groups is 2. The average molecular weight is 340 g/mol. The van der Waals surface area contributed by atoms with Gasteiger partial charge in [-0.1, -0.05) is 0 Å². The van der Waals surface area contributed by atoms with Crippen LogP contribution in [0, 0.1) is 6.92 Å². The monoisotopic (exact) mass is 340 g/mol. The van der Waals surface area contributed by atoms with Crippen molar-refractivity contribution in [1.29, 1.82) is 0 Å². The lowest BCUT2D eigenvalue weighted by Crippen LogP contribution is -2.61. The van der Waals surface area contributed by atoms with Gasteiger partial charge in [0.15, 0.2) is 0 Å². The molecule has 1 fully saturated rings. The van der Waals surface area contributed by atoms with Crippen LogP contribution in [0.1, 0.15) is 52.1 Å². The fourth-order valence-corrected chi connectivity index (χ4v) is 3.29. The van der Waals surface area contributed by atoms with E-state index in [4.69, 9.17) is 24.2 Å². The highest BCUT2D eigenvalue weighted by molar-refractivity contribution is 6.27. The van der Waals surface area contributed by atoms with E-state index < -0.39 is 11.9 Å². The third kappa shape index (κ3) is 7.14. The van der Waals surface area contributed by atoms with Gasteiger partial charge in [-0.2, -0.15) is 0 Å². The highest BCUT2D eigenvalue weighted by atomic mass is 16.4. The largest absolute Gasteiger partial charge is 0.473 e. The van der Waals surface area contributed by atoms with Crippen molar-refractivity contribution in [2.45, 2.75) is 71.1 Å². The molecule has 136 valence electrons. The molecule has 0 aliphatic carbocycles. The summed E-state index contributed by atoms with van der Waals surface area (Å²) < 4.78 is 5.60. The smallest absolute Gasteiger partial charge is 0.414 e. The third-order valence-corrected chi connectivity index (χ3v) is 3.73. The minimum Gasteiger partial charge on any atom is -0.473 e. The minimum atomic E-state index is -1.82. The van der Waals surface area contributed by atoms with Crippen molar-refractivity contribution in [3.05, 3.63) is 23.7 Å². The summed E-state index contributed by atoms with van der Waals surface area (Å²) in [6.07, 6.45) is 2.30. The Morgan fingerprint density at radius 1 is 1.17 bits per heavy atom. The first-order valence-electron chi connectivity index (χ1n) is 7.94. The van der Waals surface area contributed by atoms with Gasteiger partial charge in [-0.3, -0.25) is 0 Å². The standard InChI is InChI=1S/C15H26N2O.C2H2O4/c1-11-6-7-13(18-11)10-16-12-8-14(2,3)17-15(4,5)9-12;3-1(4)2(5)6/h6-7,12,16-17H,8-10H2,1-5H3;(H,3,4)(H,5,6). The number of hydrogen-bond acceptors (Lipinski definition) is 5. The van der Waals surface area contributed by atoms with Crippen molar-refractivity contribution in [3.63, 3.8) is 0 Å². The molecule has 0 spiro atoms. The molecule has 1 aliphatic heterocycles. The molecule has 1 saturated heterocycles. The quantitative estimate of drug-likeness (QED) is 0.624. The lowest BCUT2D eigenvalue weighted by atomic mass is 9.79. The van der Waals surface area contributed by atoms with Crippen molar-refractivity contribution in [2.24, 2.45) is 0 Å². The summed E-state index contributed by atoms with van der Waals surface area (Å²) >= 11 is 0. The van der Waals surface area contributed by atoms with Crippen LogP contribution < -0.4 is 10.6 Å². The first kappa shape index (κ1) is 20.2. The molecule has 4 N–H and O–H groups in total. The average Bonchev–Trinajstić information content (AvgIpc) is 2.79. The van der Waals surface area contributed by atoms with E-state index in [1.165, 1.54) is 0 Å². The maximum atomic E-state index is 9.10. The van der Waals surface area contributed by atoms with Crippen LogP contribution in [0.25, 0.3) is 0 Å². The predicted octanol–water partition coefficient (Wildman–Crippen LogP) is 2.14. The maximum absolute atomic E-state index is 9.10. The summed E-state index contributed by atoms with van der Waals surface area (Å²) in [6, 6.07) is 4.62. The number of carboxylic acid groups (broad SMARTS) is 2. The zero-order valence-electron chi connectivity index (χ0n) is 15.0. The third-order valence-electron chi connectivity index (χ3n) is 3.73. The summed E-state index contributed by atoms with van der Waals surface area (Å²) in [7, 11) is 0. The zero-order chi connectivity index (χ0) is 18.5. The van der Waals surface area contributed by atoms with E-state index in [0.717, 1.165) is 30.9 Å². The van der Waals surface area contributed by atoms with Crippen LogP contribution >= 0.6 is 0 Å². The molecule has 1 aromatic rings. The summed E-state index contributed by atoms with van der Waals surface area (Å²) in [5, 5.41) is 22.1. The summed E-state index contributed by atoms with van der Waals surface area (Å²) in [5.41, 5.74) is 0.386. The second kappa shape index (κ2) is 7.81. The lowest BCUT2D eigenvalue weighted by molar-refractivity contribution is -0.159. The van der Waals surface area contributed by atoms with Gasteiger partial charge >= 0.3 is 11.9 Å². The van der Waals surface area contributed by atoms with Crippen molar-refractivity contribution >= 4 is 11.9 Å². The number of hydrogen-bond donors (Lipinski definition) is 4. The highest BCUT2D eigenvalue weighted by Gasteiger charge is 2.37. The van der Waals surface area contributed by atoms with Crippen LogP contribution in [-0.2, 0) is 16.1 Å². The molecule has 2 rings (SSSR count). The van der Waals surface area contributed by atoms with Crippen LogP contribution in [0.15, 0.2) is 16.5 Å². The maximum Gasteiger partial charge on any atom is 0.414 e. The lowest BCUT2D eigenvalue weighted by Gasteiger charge is -2.46. The molecule has 0 saturated carbocycles. The highest BCUT2D eigenvalue weighted by Crippen LogP contribution is 2.28. The van der Waals surface area contributed by atoms with E-state index in [1.54, 1.807) is 0 Å². The SMILES string of the molecule is Cc1ccc(CNC2CC(C)(C)NC(C)(C)C2)o1.O=C(O)C(=O)O. The molecule has 0 amide bonds. The van der Waals surface area contributed by atoms with E-state index in [1.807, 2.05) is 13.0 Å². The molecule has 0 radical (unpaired) electrons. The Hall–Kier alpha value is -1.86. The number of aryl methyl sites for hydroxylation is 1. The number of piperidine rings is 1. The molecule has 0 aromatic carbocycles. The molecule has 24 heavy (non-hydrogen) atoms. The van der Waals surface area contributed by atoms with Gasteiger partial charge in [-0.15, -0.1) is 0 Å². The first-order valence-corrected chi connectivity index (χ1v) is 7.94. The van der Waals surface area contributed by atoms with Crippen LogP contribution in [0.4, 0.5) is 0 Å². The Labute approximate surface area is 142 Å². The molecule has 0 bridgehead atoms. The van der Waals surface area contributed by atoms with Gasteiger partial charge in [0.05, 0.1) is 6.54 Å². The van der Waals surface area contributed by atoms with E-state index >= 15 is 0 Å². The molecule has 7 nitrogen and oxygen atoms in total. The summed E-state index contributed by atoms with van der Waals surface area (Å²) in [5.74, 6) is -1.63. The Kier molecular flexibility index (Phi) is 6.57. The van der Waals surface area contributed by atoms with Crippen molar-refractivity contribution in [1.82, 2.24) is 10.6 Å². The number of rotatable bonds is 3. The number of carboxylic acids is 2. The van der Waals surface area contributed by atoms with Crippen LogP contribution in [0.5, 0.6) is 0 Å². The number of nitrogens with one attached hydrogen (secondary N) is 2. The van der Waals surface area contributed by atoms with Gasteiger partial charge in [-0.05, 0) is 59.6 Å². The Bertz CT molecular complexity index is 549. The van der Waals surface area contributed by atoms with Crippen LogP contribution in [-0.4, -0.2) is 39.3 Å². The normalized spacial score (nSPS) is 19.2. The van der Waals surface area contributed by atoms with E-state index in [-0.39, 0.29) is 11.1 Å². The second-order valence-electron chi connectivity index (χ2n) is 7.50. The predicted molar refractivity (Wildman–Crippen MR) is 89.9 cm³/mol. The Morgan fingerprint density at radius 2 is 1.67 bits per heavy atom. The van der Waals surface area contributed by atoms with Gasteiger partial charge in [0, 0.05) is 17.1 Å². The van der Waals surface area contributed by atoms with Crippen LogP contribution in [0.3, 0.4) is 0 Å². The number of aliphatic carboxylic acids is 2. The van der Waals surface area contributed by atoms with Crippen molar-refractivity contribution < 1.29 is 24.2 Å². The molecular weight excluding hydrogens is 312 g/mol. The van der Waals surface area contributed by atoms with Crippen molar-refractivity contribution in [3.8, 4) is 0 Å². The first-order chi connectivity index (χ1) is 10.9. The van der Waals surface area contributed by atoms with E-state index in [9.17, 15) is 0 Å². The topological polar surface area (TPSA) is 112 Å². The molecule has 7 heteroatoms. The van der Waals surface area contributed by atoms with Gasteiger partial charge < -0.3 is 25.3 Å². The molecule has 1 aromatic heterocycles. The zero-order valence-corrected chi connectivity index (χ0v) is 15.0. The molecule has 0 unspecified atom stereocenters. The fourth-order valence-electron chi connectivity index (χ4n) is 3.29. The Morgan fingerprint density at radius 3 is 2.04 bits per heavy atom. The van der Waals surface area contributed by atoms with Crippen LogP contribution in [0.2, 0.25) is 0 Å². The van der Waals surface area contributed by atoms with Gasteiger partial charge in [0.1, 0.15) is 11.5 Å². The summed E-state index contributed by atoms with van der Waals surface area (Å²) in [6.45, 7) is 11.9.